The van der Waals surface area contributed by atoms with E-state index >= 15 is 0 Å². The van der Waals surface area contributed by atoms with Crippen molar-refractivity contribution in [3.05, 3.63) is 12.7 Å². The van der Waals surface area contributed by atoms with Crippen LogP contribution in [0.5, 0.6) is 0 Å². The topological polar surface area (TPSA) is 101 Å². The van der Waals surface area contributed by atoms with E-state index in [1.165, 1.54) is 12.7 Å². The molecule has 7 nitrogen and oxygen atoms in total. The van der Waals surface area contributed by atoms with Crippen LogP contribution in [0.25, 0.3) is 11.2 Å². The standard InChI is InChI=1S/C8H11N5O2S/c1-5(2)13-16(14,15)8-6-7(10-3-9-6)11-4-12-8/h3-5,13H,1-2H3,(H,9,10,11,12). The molecule has 0 radical (unpaired) electrons. The minimum absolute atomic E-state index is 0.0799. The molecule has 0 unspecified atom stereocenters. The second-order valence-electron chi connectivity index (χ2n) is 3.56. The second-order valence-corrected chi connectivity index (χ2v) is 5.19. The van der Waals surface area contributed by atoms with Gasteiger partial charge in [-0.15, -0.1) is 0 Å². The Morgan fingerprint density at radius 3 is 2.75 bits per heavy atom. The average molecular weight is 241 g/mol. The number of sulfonamides is 1. The number of hydrogen-bond acceptors (Lipinski definition) is 5. The molecule has 0 fully saturated rings. The normalized spacial score (nSPS) is 12.4. The Morgan fingerprint density at radius 2 is 2.06 bits per heavy atom. The zero-order chi connectivity index (χ0) is 11.8. The monoisotopic (exact) mass is 241 g/mol. The number of imidazole rings is 1. The third kappa shape index (κ3) is 1.89. The summed E-state index contributed by atoms with van der Waals surface area (Å²) in [6.07, 6.45) is 2.56. The van der Waals surface area contributed by atoms with Gasteiger partial charge in [-0.3, -0.25) is 0 Å². The first-order valence-corrected chi connectivity index (χ1v) is 6.15. The number of fused-ring (bicyclic) bond motifs is 1. The number of aromatic nitrogens is 4. The lowest BCUT2D eigenvalue weighted by Crippen LogP contribution is -2.31. The highest BCUT2D eigenvalue weighted by Crippen LogP contribution is 2.14. The summed E-state index contributed by atoms with van der Waals surface area (Å²) in [6.45, 7) is 3.48. The van der Waals surface area contributed by atoms with Crippen LogP contribution in [0.4, 0.5) is 0 Å². The van der Waals surface area contributed by atoms with Crippen LogP contribution >= 0.6 is 0 Å². The van der Waals surface area contributed by atoms with Crippen molar-refractivity contribution in [1.82, 2.24) is 24.7 Å². The summed E-state index contributed by atoms with van der Waals surface area (Å²) in [5.41, 5.74) is 0.648. The van der Waals surface area contributed by atoms with Gasteiger partial charge in [0.2, 0.25) is 0 Å². The van der Waals surface area contributed by atoms with Gasteiger partial charge in [0.1, 0.15) is 11.8 Å². The Morgan fingerprint density at radius 1 is 1.31 bits per heavy atom. The summed E-state index contributed by atoms with van der Waals surface area (Å²) in [4.78, 5) is 14.2. The van der Waals surface area contributed by atoms with Crippen molar-refractivity contribution in [3.8, 4) is 0 Å². The minimum atomic E-state index is -3.63. The van der Waals surface area contributed by atoms with E-state index in [-0.39, 0.29) is 11.1 Å². The SMILES string of the molecule is CC(C)NS(=O)(=O)c1ncnc2nc[nH]c12. The van der Waals surface area contributed by atoms with Gasteiger partial charge in [0.25, 0.3) is 10.0 Å². The minimum Gasteiger partial charge on any atom is -0.341 e. The molecule has 0 aliphatic heterocycles. The fourth-order valence-corrected chi connectivity index (χ4v) is 2.65. The predicted molar refractivity (Wildman–Crippen MR) is 57.1 cm³/mol. The van der Waals surface area contributed by atoms with Gasteiger partial charge >= 0.3 is 0 Å². The number of hydrogen-bond donors (Lipinski definition) is 2. The zero-order valence-electron chi connectivity index (χ0n) is 8.80. The molecule has 8 heteroatoms. The molecule has 2 N–H and O–H groups in total. The maximum absolute atomic E-state index is 11.9. The van der Waals surface area contributed by atoms with E-state index in [2.05, 4.69) is 24.7 Å². The first kappa shape index (κ1) is 11.0. The Kier molecular flexibility index (Phi) is 2.60. The van der Waals surface area contributed by atoms with Crippen LogP contribution < -0.4 is 4.72 Å². The van der Waals surface area contributed by atoms with Crippen molar-refractivity contribution < 1.29 is 8.42 Å². The number of rotatable bonds is 3. The van der Waals surface area contributed by atoms with E-state index in [0.29, 0.717) is 11.2 Å². The molecule has 0 bridgehead atoms. The van der Waals surface area contributed by atoms with Crippen molar-refractivity contribution >= 4 is 21.2 Å². The van der Waals surface area contributed by atoms with Crippen LogP contribution in [-0.4, -0.2) is 34.4 Å². The molecule has 0 saturated heterocycles. The summed E-state index contributed by atoms with van der Waals surface area (Å²) in [5.74, 6) is 0. The summed E-state index contributed by atoms with van der Waals surface area (Å²) >= 11 is 0. The van der Waals surface area contributed by atoms with Crippen LogP contribution in [0.3, 0.4) is 0 Å². The number of nitrogens with one attached hydrogen (secondary N) is 2. The molecule has 0 spiro atoms. The average Bonchev–Trinajstić information content (AvgIpc) is 2.62. The third-order valence-corrected chi connectivity index (χ3v) is 3.43. The van der Waals surface area contributed by atoms with Crippen molar-refractivity contribution in [1.29, 1.82) is 0 Å². The van der Waals surface area contributed by atoms with Gasteiger partial charge in [-0.1, -0.05) is 0 Å². The lowest BCUT2D eigenvalue weighted by molar-refractivity contribution is 0.567. The lowest BCUT2D eigenvalue weighted by Gasteiger charge is -2.08. The van der Waals surface area contributed by atoms with E-state index in [0.717, 1.165) is 0 Å². The van der Waals surface area contributed by atoms with Gasteiger partial charge in [0, 0.05) is 6.04 Å². The number of aromatic amines is 1. The zero-order valence-corrected chi connectivity index (χ0v) is 9.61. The molecule has 16 heavy (non-hydrogen) atoms. The summed E-state index contributed by atoms with van der Waals surface area (Å²) in [7, 11) is -3.63. The van der Waals surface area contributed by atoms with Crippen molar-refractivity contribution in [2.45, 2.75) is 24.9 Å². The van der Waals surface area contributed by atoms with E-state index in [9.17, 15) is 8.42 Å². The highest BCUT2D eigenvalue weighted by molar-refractivity contribution is 7.89. The predicted octanol–water partition coefficient (Wildman–Crippen LogP) is 0.0396. The third-order valence-electron chi connectivity index (χ3n) is 1.83. The maximum atomic E-state index is 11.9. The fraction of sp³-hybridized carbons (Fsp3) is 0.375. The molecule has 2 aromatic heterocycles. The molecule has 0 aliphatic rings. The quantitative estimate of drug-likeness (QED) is 0.739. The van der Waals surface area contributed by atoms with Crippen LogP contribution in [-0.2, 0) is 10.0 Å². The van der Waals surface area contributed by atoms with Gasteiger partial charge in [0.05, 0.1) is 6.33 Å². The molecular formula is C8H11N5O2S. The molecule has 0 amide bonds. The highest BCUT2D eigenvalue weighted by atomic mass is 32.2. The summed E-state index contributed by atoms with van der Waals surface area (Å²) < 4.78 is 26.3. The Hall–Kier alpha value is -1.54. The molecular weight excluding hydrogens is 230 g/mol. The molecule has 2 aromatic rings. The van der Waals surface area contributed by atoms with Gasteiger partial charge in [-0.05, 0) is 13.8 Å². The van der Waals surface area contributed by atoms with E-state index < -0.39 is 10.0 Å². The lowest BCUT2D eigenvalue weighted by atomic mass is 10.4. The van der Waals surface area contributed by atoms with Crippen LogP contribution in [0.15, 0.2) is 17.7 Å². The van der Waals surface area contributed by atoms with Crippen molar-refractivity contribution in [2.24, 2.45) is 0 Å². The number of H-pyrrole nitrogens is 1. The molecule has 0 saturated carbocycles. The smallest absolute Gasteiger partial charge is 0.260 e. The fourth-order valence-electron chi connectivity index (χ4n) is 1.31. The molecule has 2 heterocycles. The van der Waals surface area contributed by atoms with Crippen molar-refractivity contribution in [3.63, 3.8) is 0 Å². The van der Waals surface area contributed by atoms with E-state index in [1.54, 1.807) is 13.8 Å². The van der Waals surface area contributed by atoms with Gasteiger partial charge in [-0.25, -0.2) is 28.1 Å². The van der Waals surface area contributed by atoms with Gasteiger partial charge in [-0.2, -0.15) is 0 Å². The highest BCUT2D eigenvalue weighted by Gasteiger charge is 2.21. The summed E-state index contributed by atoms with van der Waals surface area (Å²) in [5, 5.41) is -0.0799. The molecule has 2 rings (SSSR count). The number of nitrogens with zero attached hydrogens (tertiary/aromatic N) is 3. The molecule has 86 valence electrons. The van der Waals surface area contributed by atoms with Crippen LogP contribution in [0, 0.1) is 0 Å². The van der Waals surface area contributed by atoms with E-state index in [4.69, 9.17) is 0 Å². The Balaban J connectivity index is 2.59. The molecule has 0 aliphatic carbocycles. The first-order valence-electron chi connectivity index (χ1n) is 4.67. The van der Waals surface area contributed by atoms with Crippen LogP contribution in [0.1, 0.15) is 13.8 Å². The first-order chi connectivity index (χ1) is 7.50. The maximum Gasteiger partial charge on any atom is 0.260 e. The van der Waals surface area contributed by atoms with Crippen LogP contribution in [0.2, 0.25) is 0 Å². The van der Waals surface area contributed by atoms with Gasteiger partial charge in [0.15, 0.2) is 10.7 Å². The molecule has 0 atom stereocenters. The second kappa shape index (κ2) is 3.80. The Labute approximate surface area is 92.4 Å². The van der Waals surface area contributed by atoms with E-state index in [1.807, 2.05) is 0 Å². The van der Waals surface area contributed by atoms with Gasteiger partial charge < -0.3 is 4.98 Å². The Bertz CT molecular complexity index is 604. The largest absolute Gasteiger partial charge is 0.341 e. The van der Waals surface area contributed by atoms with Crippen molar-refractivity contribution in [2.75, 3.05) is 0 Å². The molecule has 0 aromatic carbocycles. The summed E-state index contributed by atoms with van der Waals surface area (Å²) in [6, 6.07) is -0.196.